The Hall–Kier alpha value is -2.97. The first-order chi connectivity index (χ1) is 11.8. The number of rotatable bonds is 4. The number of carbonyl (C=O) groups excluding carboxylic acids is 3. The van der Waals surface area contributed by atoms with Crippen LogP contribution in [0.5, 0.6) is 0 Å². The van der Waals surface area contributed by atoms with E-state index in [1.54, 1.807) is 0 Å². The van der Waals surface area contributed by atoms with Gasteiger partial charge in [-0.2, -0.15) is 0 Å². The molecule has 1 saturated heterocycles. The lowest BCUT2D eigenvalue weighted by molar-refractivity contribution is -0.385. The molecule has 2 N–H and O–H groups in total. The molecule has 1 aromatic rings. The largest absolute Gasteiger partial charge is 0.325 e. The van der Waals surface area contributed by atoms with Gasteiger partial charge in [-0.25, -0.2) is 4.79 Å². The van der Waals surface area contributed by atoms with Gasteiger partial charge in [0.25, 0.3) is 11.6 Å². The summed E-state index contributed by atoms with van der Waals surface area (Å²) in [7, 11) is 0. The second kappa shape index (κ2) is 6.15. The van der Waals surface area contributed by atoms with Crippen molar-refractivity contribution in [3.8, 4) is 0 Å². The molecule has 1 saturated carbocycles. The number of nitro benzene ring substituents is 1. The highest BCUT2D eigenvalue weighted by molar-refractivity contribution is 6.10. The molecule has 1 aliphatic heterocycles. The third-order valence-corrected chi connectivity index (χ3v) is 4.78. The first-order valence-electron chi connectivity index (χ1n) is 8.02. The molecule has 2 fully saturated rings. The van der Waals surface area contributed by atoms with E-state index in [2.05, 4.69) is 10.6 Å². The van der Waals surface area contributed by atoms with E-state index in [9.17, 15) is 24.5 Å². The number of carbonyl (C=O) groups is 3. The third-order valence-electron chi connectivity index (χ3n) is 4.78. The number of urea groups is 1. The van der Waals surface area contributed by atoms with Crippen molar-refractivity contribution in [2.75, 3.05) is 11.9 Å². The van der Waals surface area contributed by atoms with Gasteiger partial charge < -0.3 is 10.6 Å². The van der Waals surface area contributed by atoms with Crippen molar-refractivity contribution in [2.24, 2.45) is 0 Å². The number of hydrogen-bond acceptors (Lipinski definition) is 5. The van der Waals surface area contributed by atoms with E-state index in [0.717, 1.165) is 17.7 Å². The highest BCUT2D eigenvalue weighted by Crippen LogP contribution is 2.35. The van der Waals surface area contributed by atoms with E-state index in [0.29, 0.717) is 18.4 Å². The van der Waals surface area contributed by atoms with Crippen LogP contribution in [0.2, 0.25) is 0 Å². The lowest BCUT2D eigenvalue weighted by atomic mass is 9.98. The van der Waals surface area contributed by atoms with Gasteiger partial charge >= 0.3 is 6.03 Å². The summed E-state index contributed by atoms with van der Waals surface area (Å²) < 4.78 is 0. The Bertz CT molecular complexity index is 770. The predicted molar refractivity (Wildman–Crippen MR) is 87.9 cm³/mol. The quantitative estimate of drug-likeness (QED) is 0.488. The van der Waals surface area contributed by atoms with Crippen LogP contribution in [0, 0.1) is 17.0 Å². The number of hydrogen-bond donors (Lipinski definition) is 2. The number of amides is 4. The molecule has 0 atom stereocenters. The third kappa shape index (κ3) is 2.92. The van der Waals surface area contributed by atoms with Crippen molar-refractivity contribution in [3.63, 3.8) is 0 Å². The topological polar surface area (TPSA) is 122 Å². The van der Waals surface area contributed by atoms with Crippen LogP contribution in [-0.2, 0) is 9.59 Å². The zero-order valence-corrected chi connectivity index (χ0v) is 13.7. The number of anilines is 1. The maximum atomic E-state index is 12.5. The summed E-state index contributed by atoms with van der Waals surface area (Å²) in [5.74, 6) is -0.956. The minimum atomic E-state index is -0.862. The lowest BCUT2D eigenvalue weighted by Gasteiger charge is -2.19. The molecular weight excluding hydrogens is 328 g/mol. The fourth-order valence-corrected chi connectivity index (χ4v) is 3.43. The molecule has 2 aliphatic rings. The summed E-state index contributed by atoms with van der Waals surface area (Å²) in [5.41, 5.74) is -0.386. The zero-order chi connectivity index (χ0) is 18.2. The van der Waals surface area contributed by atoms with Crippen molar-refractivity contribution >= 4 is 29.2 Å². The molecule has 0 unspecified atom stereocenters. The van der Waals surface area contributed by atoms with Crippen LogP contribution >= 0.6 is 0 Å². The lowest BCUT2D eigenvalue weighted by Crippen LogP contribution is -2.44. The van der Waals surface area contributed by atoms with Gasteiger partial charge in [0.05, 0.1) is 16.2 Å². The fourth-order valence-electron chi connectivity index (χ4n) is 3.43. The van der Waals surface area contributed by atoms with Gasteiger partial charge in [-0.1, -0.05) is 18.9 Å². The Kier molecular flexibility index (Phi) is 4.15. The molecule has 1 spiro atoms. The molecule has 1 aliphatic carbocycles. The highest BCUT2D eigenvalue weighted by Gasteiger charge is 2.52. The maximum Gasteiger partial charge on any atom is 0.325 e. The SMILES string of the molecule is Cc1c(NC(=O)CN2C(=O)NC3(CCCC3)C2=O)cccc1[N+](=O)[O-]. The van der Waals surface area contributed by atoms with Gasteiger partial charge in [-0.05, 0) is 25.8 Å². The molecule has 0 bridgehead atoms. The van der Waals surface area contributed by atoms with Crippen LogP contribution < -0.4 is 10.6 Å². The second-order valence-corrected chi connectivity index (χ2v) is 6.37. The molecular formula is C16H18N4O5. The highest BCUT2D eigenvalue weighted by atomic mass is 16.6. The molecule has 4 amide bonds. The van der Waals surface area contributed by atoms with E-state index < -0.39 is 28.9 Å². The summed E-state index contributed by atoms with van der Waals surface area (Å²) >= 11 is 0. The second-order valence-electron chi connectivity index (χ2n) is 6.37. The van der Waals surface area contributed by atoms with Crippen LogP contribution in [-0.4, -0.2) is 39.8 Å². The van der Waals surface area contributed by atoms with Crippen molar-refractivity contribution < 1.29 is 19.3 Å². The summed E-state index contributed by atoms with van der Waals surface area (Å²) in [4.78, 5) is 48.2. The summed E-state index contributed by atoms with van der Waals surface area (Å²) in [5, 5.41) is 16.2. The van der Waals surface area contributed by atoms with Crippen molar-refractivity contribution in [1.82, 2.24) is 10.2 Å². The monoisotopic (exact) mass is 346 g/mol. The molecule has 0 radical (unpaired) electrons. The smallest absolute Gasteiger partial charge is 0.324 e. The van der Waals surface area contributed by atoms with Crippen LogP contribution in [0.3, 0.4) is 0 Å². The number of nitro groups is 1. The zero-order valence-electron chi connectivity index (χ0n) is 13.7. The van der Waals surface area contributed by atoms with Gasteiger partial charge in [-0.15, -0.1) is 0 Å². The van der Waals surface area contributed by atoms with Gasteiger partial charge in [-0.3, -0.25) is 24.6 Å². The van der Waals surface area contributed by atoms with Gasteiger partial charge in [0, 0.05) is 6.07 Å². The molecule has 3 rings (SSSR count). The Morgan fingerprint density at radius 1 is 1.36 bits per heavy atom. The Balaban J connectivity index is 1.71. The van der Waals surface area contributed by atoms with Gasteiger partial charge in [0.2, 0.25) is 5.91 Å². The Morgan fingerprint density at radius 3 is 2.68 bits per heavy atom. The molecule has 25 heavy (non-hydrogen) atoms. The first kappa shape index (κ1) is 16.9. The van der Waals surface area contributed by atoms with Crippen molar-refractivity contribution in [1.29, 1.82) is 0 Å². The standard InChI is InChI=1S/C16H18N4O5/c1-10-11(5-4-6-12(10)20(24)25)17-13(21)9-19-14(22)16(18-15(19)23)7-2-3-8-16/h4-6H,2-3,7-9H2,1H3,(H,17,21)(H,18,23). The molecule has 132 valence electrons. The molecule has 9 heteroatoms. The van der Waals surface area contributed by atoms with Crippen LogP contribution in [0.1, 0.15) is 31.2 Å². The summed E-state index contributed by atoms with van der Waals surface area (Å²) in [6, 6.07) is 3.76. The first-order valence-corrected chi connectivity index (χ1v) is 8.02. The van der Waals surface area contributed by atoms with Gasteiger partial charge in [0.15, 0.2) is 0 Å². The van der Waals surface area contributed by atoms with Crippen molar-refractivity contribution in [2.45, 2.75) is 38.1 Å². The normalized spacial score (nSPS) is 18.5. The fraction of sp³-hybridized carbons (Fsp3) is 0.438. The molecule has 1 aromatic carbocycles. The van der Waals surface area contributed by atoms with E-state index >= 15 is 0 Å². The average molecular weight is 346 g/mol. The Morgan fingerprint density at radius 2 is 2.04 bits per heavy atom. The van der Waals surface area contributed by atoms with E-state index in [-0.39, 0.29) is 17.3 Å². The van der Waals surface area contributed by atoms with Crippen LogP contribution in [0.25, 0.3) is 0 Å². The minimum absolute atomic E-state index is 0.113. The number of benzene rings is 1. The number of nitrogens with zero attached hydrogens (tertiary/aromatic N) is 2. The van der Waals surface area contributed by atoms with Crippen molar-refractivity contribution in [3.05, 3.63) is 33.9 Å². The summed E-state index contributed by atoms with van der Waals surface area (Å²) in [6.45, 7) is 1.10. The predicted octanol–water partition coefficient (Wildman–Crippen LogP) is 1.71. The van der Waals surface area contributed by atoms with Gasteiger partial charge in [0.1, 0.15) is 12.1 Å². The molecule has 0 aromatic heterocycles. The van der Waals surface area contributed by atoms with Crippen LogP contribution in [0.15, 0.2) is 18.2 Å². The number of imide groups is 1. The molecule has 1 heterocycles. The number of nitrogens with one attached hydrogen (secondary N) is 2. The van der Waals surface area contributed by atoms with E-state index in [1.165, 1.54) is 25.1 Å². The molecule has 9 nitrogen and oxygen atoms in total. The Labute approximate surface area is 143 Å². The van der Waals surface area contributed by atoms with E-state index in [1.807, 2.05) is 0 Å². The average Bonchev–Trinajstić information content (AvgIpc) is 3.10. The minimum Gasteiger partial charge on any atom is -0.324 e. The summed E-state index contributed by atoms with van der Waals surface area (Å²) in [6.07, 6.45) is 2.89. The van der Waals surface area contributed by atoms with Crippen LogP contribution in [0.4, 0.5) is 16.2 Å². The van der Waals surface area contributed by atoms with E-state index in [4.69, 9.17) is 0 Å². The maximum absolute atomic E-state index is 12.5.